The van der Waals surface area contributed by atoms with Crippen LogP contribution < -0.4 is 4.57 Å². The first kappa shape index (κ1) is 11.7. The molecule has 3 nitrogen and oxygen atoms in total. The number of rotatable bonds is 2. The monoisotopic (exact) mass is 251 g/mol. The molecule has 0 aliphatic rings. The number of imidazole rings is 1. The van der Waals surface area contributed by atoms with Gasteiger partial charge in [-0.05, 0) is 12.1 Å². The number of nitrogens with zero attached hydrogens (tertiary/aromatic N) is 2. The first-order valence-electron chi connectivity index (χ1n) is 6.23. The Bertz CT molecular complexity index is 718. The summed E-state index contributed by atoms with van der Waals surface area (Å²) in [6.07, 6.45) is 0. The summed E-state index contributed by atoms with van der Waals surface area (Å²) in [5.74, 6) is 0.731. The predicted molar refractivity (Wildman–Crippen MR) is 74.0 cm³/mol. The summed E-state index contributed by atoms with van der Waals surface area (Å²) < 4.78 is 3.90. The highest BCUT2D eigenvalue weighted by molar-refractivity contribution is 6.06. The molecule has 0 saturated heterocycles. The van der Waals surface area contributed by atoms with Crippen molar-refractivity contribution in [3.8, 4) is 0 Å². The fourth-order valence-electron chi connectivity index (χ4n) is 2.51. The third-order valence-electron chi connectivity index (χ3n) is 3.48. The first-order chi connectivity index (χ1) is 9.20. The van der Waals surface area contributed by atoms with Crippen LogP contribution in [-0.2, 0) is 14.1 Å². The number of fused-ring (bicyclic) bond motifs is 1. The predicted octanol–water partition coefficient (Wildman–Crippen LogP) is 2.23. The summed E-state index contributed by atoms with van der Waals surface area (Å²) in [6.45, 7) is 0. The second-order valence-electron chi connectivity index (χ2n) is 4.63. The Balaban J connectivity index is 2.24. The Morgan fingerprint density at radius 3 is 2.32 bits per heavy atom. The molecule has 0 atom stereocenters. The maximum Gasteiger partial charge on any atom is 0.331 e. The van der Waals surface area contributed by atoms with Gasteiger partial charge in [0.15, 0.2) is 11.0 Å². The van der Waals surface area contributed by atoms with Crippen molar-refractivity contribution in [2.45, 2.75) is 0 Å². The lowest BCUT2D eigenvalue weighted by Gasteiger charge is -1.98. The number of para-hydroxylation sites is 2. The van der Waals surface area contributed by atoms with Crippen molar-refractivity contribution in [2.75, 3.05) is 0 Å². The van der Waals surface area contributed by atoms with E-state index < -0.39 is 0 Å². The van der Waals surface area contributed by atoms with E-state index >= 15 is 0 Å². The van der Waals surface area contributed by atoms with E-state index in [4.69, 9.17) is 0 Å². The summed E-state index contributed by atoms with van der Waals surface area (Å²) in [4.78, 5) is 12.6. The van der Waals surface area contributed by atoms with Crippen molar-refractivity contribution >= 4 is 16.8 Å². The number of benzene rings is 2. The number of aryl methyl sites for hydroxylation is 2. The van der Waals surface area contributed by atoms with Gasteiger partial charge >= 0.3 is 5.82 Å². The Morgan fingerprint density at radius 2 is 1.63 bits per heavy atom. The molecule has 1 aromatic heterocycles. The number of carbonyl (C=O) groups excluding carboxylic acids is 1. The van der Waals surface area contributed by atoms with Gasteiger partial charge in [0.25, 0.3) is 5.78 Å². The highest BCUT2D eigenvalue weighted by atomic mass is 16.1. The quantitative estimate of drug-likeness (QED) is 0.506. The van der Waals surface area contributed by atoms with Crippen LogP contribution >= 0.6 is 0 Å². The molecule has 0 bridgehead atoms. The third-order valence-corrected chi connectivity index (χ3v) is 3.48. The molecule has 94 valence electrons. The standard InChI is InChI=1S/C16H15N2O/c1-17-13-10-6-7-11-14(13)18(2)16(17)15(19)12-8-4-3-5-9-12/h3-11H,1-2H3/q+1. The van der Waals surface area contributed by atoms with E-state index in [1.165, 1.54) is 0 Å². The van der Waals surface area contributed by atoms with Gasteiger partial charge in [0, 0.05) is 5.56 Å². The molecule has 3 heteroatoms. The highest BCUT2D eigenvalue weighted by Gasteiger charge is 2.27. The zero-order valence-corrected chi connectivity index (χ0v) is 11.0. The van der Waals surface area contributed by atoms with E-state index in [9.17, 15) is 4.79 Å². The van der Waals surface area contributed by atoms with Crippen molar-refractivity contribution in [3.63, 3.8) is 0 Å². The van der Waals surface area contributed by atoms with Gasteiger partial charge in [-0.25, -0.2) is 9.13 Å². The average molecular weight is 251 g/mol. The van der Waals surface area contributed by atoms with E-state index in [0.717, 1.165) is 11.0 Å². The van der Waals surface area contributed by atoms with Gasteiger partial charge in [-0.1, -0.05) is 42.5 Å². The summed E-state index contributed by atoms with van der Waals surface area (Å²) in [5.41, 5.74) is 2.83. The zero-order valence-electron chi connectivity index (χ0n) is 11.0. The van der Waals surface area contributed by atoms with Crippen molar-refractivity contribution in [1.29, 1.82) is 0 Å². The molecule has 0 N–H and O–H groups in total. The van der Waals surface area contributed by atoms with Crippen molar-refractivity contribution in [1.82, 2.24) is 4.57 Å². The molecule has 0 spiro atoms. The number of hydrogen-bond acceptors (Lipinski definition) is 1. The Kier molecular flexibility index (Phi) is 2.67. The van der Waals surface area contributed by atoms with Crippen LogP contribution in [0.2, 0.25) is 0 Å². The normalized spacial score (nSPS) is 10.8. The van der Waals surface area contributed by atoms with Gasteiger partial charge < -0.3 is 0 Å². The van der Waals surface area contributed by atoms with Crippen LogP contribution in [0.3, 0.4) is 0 Å². The minimum Gasteiger partial charge on any atom is -0.280 e. The summed E-state index contributed by atoms with van der Waals surface area (Å²) >= 11 is 0. The van der Waals surface area contributed by atoms with Gasteiger partial charge in [0.1, 0.15) is 0 Å². The van der Waals surface area contributed by atoms with Crippen LogP contribution in [0.4, 0.5) is 0 Å². The summed E-state index contributed by atoms with van der Waals surface area (Å²) in [5, 5.41) is 0. The van der Waals surface area contributed by atoms with Crippen molar-refractivity contribution in [2.24, 2.45) is 14.1 Å². The Hall–Kier alpha value is -2.42. The van der Waals surface area contributed by atoms with Crippen LogP contribution in [0.25, 0.3) is 11.0 Å². The minimum absolute atomic E-state index is 0.0433. The Morgan fingerprint density at radius 1 is 1.00 bits per heavy atom. The lowest BCUT2D eigenvalue weighted by atomic mass is 10.1. The molecule has 3 rings (SSSR count). The molecular weight excluding hydrogens is 236 g/mol. The van der Waals surface area contributed by atoms with Crippen LogP contribution in [-0.4, -0.2) is 10.4 Å². The molecule has 0 saturated carbocycles. The van der Waals surface area contributed by atoms with Crippen LogP contribution in [0.5, 0.6) is 0 Å². The fraction of sp³-hybridized carbons (Fsp3) is 0.125. The summed E-state index contributed by atoms with van der Waals surface area (Å²) in [6, 6.07) is 17.4. The molecule has 0 fully saturated rings. The number of ketones is 1. The fourth-order valence-corrected chi connectivity index (χ4v) is 2.51. The van der Waals surface area contributed by atoms with Crippen LogP contribution in [0.1, 0.15) is 16.2 Å². The van der Waals surface area contributed by atoms with Gasteiger partial charge in [0.2, 0.25) is 0 Å². The lowest BCUT2D eigenvalue weighted by Crippen LogP contribution is -2.36. The van der Waals surface area contributed by atoms with E-state index in [0.29, 0.717) is 11.4 Å². The zero-order chi connectivity index (χ0) is 13.4. The van der Waals surface area contributed by atoms with Gasteiger partial charge in [-0.15, -0.1) is 0 Å². The molecule has 0 aliphatic carbocycles. The Labute approximate surface area is 111 Å². The maximum absolute atomic E-state index is 12.6. The molecule has 3 aromatic rings. The topological polar surface area (TPSA) is 25.9 Å². The molecule has 0 amide bonds. The molecule has 0 aliphatic heterocycles. The number of carbonyl (C=O) groups is 1. The van der Waals surface area contributed by atoms with Crippen molar-refractivity contribution in [3.05, 3.63) is 66.0 Å². The second kappa shape index (κ2) is 4.35. The van der Waals surface area contributed by atoms with E-state index in [1.807, 2.05) is 77.8 Å². The lowest BCUT2D eigenvalue weighted by molar-refractivity contribution is -0.647. The minimum atomic E-state index is 0.0433. The van der Waals surface area contributed by atoms with Crippen molar-refractivity contribution < 1.29 is 9.36 Å². The first-order valence-corrected chi connectivity index (χ1v) is 6.23. The molecular formula is C16H15N2O+. The van der Waals surface area contributed by atoms with Gasteiger partial charge in [-0.2, -0.15) is 0 Å². The molecule has 0 radical (unpaired) electrons. The van der Waals surface area contributed by atoms with Gasteiger partial charge in [0.05, 0.1) is 14.1 Å². The van der Waals surface area contributed by atoms with Crippen LogP contribution in [0.15, 0.2) is 54.6 Å². The molecule has 0 unspecified atom stereocenters. The molecule has 19 heavy (non-hydrogen) atoms. The maximum atomic E-state index is 12.6. The van der Waals surface area contributed by atoms with E-state index in [1.54, 1.807) is 0 Å². The molecule has 2 aromatic carbocycles. The van der Waals surface area contributed by atoms with Gasteiger partial charge in [-0.3, -0.25) is 4.79 Å². The van der Waals surface area contributed by atoms with E-state index in [-0.39, 0.29) is 5.78 Å². The third kappa shape index (κ3) is 1.74. The van der Waals surface area contributed by atoms with Crippen LogP contribution in [0, 0.1) is 0 Å². The van der Waals surface area contributed by atoms with E-state index in [2.05, 4.69) is 0 Å². The largest absolute Gasteiger partial charge is 0.331 e. The number of aromatic nitrogens is 2. The highest BCUT2D eigenvalue weighted by Crippen LogP contribution is 2.15. The molecule has 1 heterocycles. The summed E-state index contributed by atoms with van der Waals surface area (Å²) in [7, 11) is 3.86. The SMILES string of the molecule is Cn1c(C(=O)c2ccccc2)[n+](C)c2ccccc21. The second-order valence-corrected chi connectivity index (χ2v) is 4.63. The smallest absolute Gasteiger partial charge is 0.280 e. The average Bonchev–Trinajstić information content (AvgIpc) is 2.72. The number of hydrogen-bond donors (Lipinski definition) is 0.